The Kier molecular flexibility index (Phi) is 7.68. The molecule has 0 aromatic heterocycles. The molecule has 2 nitrogen and oxygen atoms in total. The van der Waals surface area contributed by atoms with Gasteiger partial charge in [0.05, 0.1) is 13.7 Å². The maximum absolute atomic E-state index is 14.9. The summed E-state index contributed by atoms with van der Waals surface area (Å²) in [4.78, 5) is 0. The van der Waals surface area contributed by atoms with Crippen LogP contribution in [0.5, 0.6) is 5.75 Å². The minimum Gasteiger partial charge on any atom is -0.497 e. The van der Waals surface area contributed by atoms with Gasteiger partial charge in [-0.25, -0.2) is 13.2 Å². The SMILES string of the molecule is CCOCc1ccc(/C=C/c2ccc(-c3ccc(-c4ccc(OC)cc4)c(F)c3F)cc2)cc1F. The Bertz CT molecular complexity index is 1330. The van der Waals surface area contributed by atoms with Crippen molar-refractivity contribution in [3.63, 3.8) is 0 Å². The largest absolute Gasteiger partial charge is 0.497 e. The third-order valence-corrected chi connectivity index (χ3v) is 5.71. The smallest absolute Gasteiger partial charge is 0.167 e. The highest BCUT2D eigenvalue weighted by Crippen LogP contribution is 2.32. The molecule has 0 atom stereocenters. The molecule has 0 radical (unpaired) electrons. The van der Waals surface area contributed by atoms with Crippen molar-refractivity contribution in [2.75, 3.05) is 13.7 Å². The third kappa shape index (κ3) is 5.64. The lowest BCUT2D eigenvalue weighted by molar-refractivity contribution is 0.131. The summed E-state index contributed by atoms with van der Waals surface area (Å²) in [7, 11) is 1.55. The van der Waals surface area contributed by atoms with E-state index in [1.165, 1.54) is 6.07 Å². The molecule has 5 heteroatoms. The van der Waals surface area contributed by atoms with E-state index in [-0.39, 0.29) is 23.6 Å². The molecule has 0 bridgehead atoms. The van der Waals surface area contributed by atoms with E-state index in [0.29, 0.717) is 34.6 Å². The van der Waals surface area contributed by atoms with Crippen LogP contribution in [0.3, 0.4) is 0 Å². The van der Waals surface area contributed by atoms with E-state index in [0.717, 1.165) is 5.56 Å². The maximum Gasteiger partial charge on any atom is 0.167 e. The van der Waals surface area contributed by atoms with Crippen LogP contribution in [0.15, 0.2) is 78.9 Å². The van der Waals surface area contributed by atoms with Crippen LogP contribution in [0.25, 0.3) is 34.4 Å². The van der Waals surface area contributed by atoms with Gasteiger partial charge in [-0.1, -0.05) is 72.8 Å². The van der Waals surface area contributed by atoms with Crippen molar-refractivity contribution in [2.45, 2.75) is 13.5 Å². The summed E-state index contributed by atoms with van der Waals surface area (Å²) in [5.41, 5.74) is 3.58. The Hall–Kier alpha value is -3.83. The predicted molar refractivity (Wildman–Crippen MR) is 134 cm³/mol. The third-order valence-electron chi connectivity index (χ3n) is 5.71. The second-order valence-corrected chi connectivity index (χ2v) is 7.96. The Morgan fingerprint density at radius 2 is 1.23 bits per heavy atom. The number of halogens is 3. The first-order valence-electron chi connectivity index (χ1n) is 11.3. The molecular formula is C30H25F3O2. The molecule has 178 valence electrons. The van der Waals surface area contributed by atoms with Gasteiger partial charge in [-0.15, -0.1) is 0 Å². The van der Waals surface area contributed by atoms with Gasteiger partial charge in [-0.05, 0) is 47.4 Å². The first-order valence-corrected chi connectivity index (χ1v) is 11.3. The molecular weight excluding hydrogens is 449 g/mol. The lowest BCUT2D eigenvalue weighted by Crippen LogP contribution is -1.95. The van der Waals surface area contributed by atoms with E-state index in [9.17, 15) is 13.2 Å². The van der Waals surface area contributed by atoms with Gasteiger partial charge in [-0.3, -0.25) is 0 Å². The van der Waals surface area contributed by atoms with Crippen molar-refractivity contribution >= 4 is 12.2 Å². The van der Waals surface area contributed by atoms with E-state index >= 15 is 0 Å². The molecule has 0 fully saturated rings. The highest BCUT2D eigenvalue weighted by atomic mass is 19.2. The highest BCUT2D eigenvalue weighted by molar-refractivity contribution is 5.74. The van der Waals surface area contributed by atoms with Crippen LogP contribution in [0.2, 0.25) is 0 Å². The van der Waals surface area contributed by atoms with Crippen LogP contribution in [0.4, 0.5) is 13.2 Å². The van der Waals surface area contributed by atoms with E-state index < -0.39 is 11.6 Å². The Labute approximate surface area is 203 Å². The minimum absolute atomic E-state index is 0.183. The van der Waals surface area contributed by atoms with Crippen molar-refractivity contribution in [3.8, 4) is 28.0 Å². The second kappa shape index (κ2) is 11.1. The van der Waals surface area contributed by atoms with Crippen LogP contribution in [-0.4, -0.2) is 13.7 Å². The van der Waals surface area contributed by atoms with E-state index in [1.54, 1.807) is 79.9 Å². The zero-order valence-electron chi connectivity index (χ0n) is 19.5. The molecule has 0 unspecified atom stereocenters. The Balaban J connectivity index is 1.51. The van der Waals surface area contributed by atoms with Gasteiger partial charge >= 0.3 is 0 Å². The van der Waals surface area contributed by atoms with Gasteiger partial charge in [0, 0.05) is 23.3 Å². The van der Waals surface area contributed by atoms with Crippen molar-refractivity contribution in [1.29, 1.82) is 0 Å². The average Bonchev–Trinajstić information content (AvgIpc) is 2.89. The summed E-state index contributed by atoms with van der Waals surface area (Å²) >= 11 is 0. The summed E-state index contributed by atoms with van der Waals surface area (Å²) in [6, 6.07) is 22.0. The molecule has 0 amide bonds. The normalized spacial score (nSPS) is 11.2. The van der Waals surface area contributed by atoms with Crippen LogP contribution >= 0.6 is 0 Å². The van der Waals surface area contributed by atoms with Gasteiger partial charge in [0.15, 0.2) is 11.6 Å². The van der Waals surface area contributed by atoms with E-state index in [1.807, 2.05) is 19.1 Å². The molecule has 0 heterocycles. The van der Waals surface area contributed by atoms with E-state index in [4.69, 9.17) is 9.47 Å². The first kappa shape index (κ1) is 24.3. The minimum atomic E-state index is -0.899. The van der Waals surface area contributed by atoms with Crippen molar-refractivity contribution in [2.24, 2.45) is 0 Å². The summed E-state index contributed by atoms with van der Waals surface area (Å²) in [6.45, 7) is 2.63. The molecule has 0 spiro atoms. The molecule has 35 heavy (non-hydrogen) atoms. The summed E-state index contributed by atoms with van der Waals surface area (Å²) in [5, 5.41) is 0. The number of benzene rings is 4. The summed E-state index contributed by atoms with van der Waals surface area (Å²) in [6.07, 6.45) is 3.64. The van der Waals surface area contributed by atoms with E-state index in [2.05, 4.69) is 0 Å². The number of ether oxygens (including phenoxy) is 2. The second-order valence-electron chi connectivity index (χ2n) is 7.96. The van der Waals surface area contributed by atoms with Gasteiger partial charge in [0.25, 0.3) is 0 Å². The molecule has 0 aliphatic carbocycles. The zero-order chi connectivity index (χ0) is 24.8. The first-order chi connectivity index (χ1) is 17.0. The number of hydrogen-bond acceptors (Lipinski definition) is 2. The van der Waals surface area contributed by atoms with Gasteiger partial charge < -0.3 is 9.47 Å². The van der Waals surface area contributed by atoms with Crippen LogP contribution in [0, 0.1) is 17.5 Å². The van der Waals surface area contributed by atoms with Gasteiger partial charge in [-0.2, -0.15) is 0 Å². The van der Waals surface area contributed by atoms with Crippen molar-refractivity contribution < 1.29 is 22.6 Å². The maximum atomic E-state index is 14.9. The monoisotopic (exact) mass is 474 g/mol. The lowest BCUT2D eigenvalue weighted by Gasteiger charge is -2.10. The van der Waals surface area contributed by atoms with Crippen LogP contribution in [0.1, 0.15) is 23.6 Å². The van der Waals surface area contributed by atoms with Crippen molar-refractivity contribution in [1.82, 2.24) is 0 Å². The van der Waals surface area contributed by atoms with Crippen molar-refractivity contribution in [3.05, 3.63) is 113 Å². The predicted octanol–water partition coefficient (Wildman–Crippen LogP) is 8.15. The molecule has 4 aromatic carbocycles. The highest BCUT2D eigenvalue weighted by Gasteiger charge is 2.16. The zero-order valence-corrected chi connectivity index (χ0v) is 19.5. The molecule has 0 aliphatic heterocycles. The molecule has 4 aromatic rings. The fourth-order valence-electron chi connectivity index (χ4n) is 3.73. The molecule has 0 saturated carbocycles. The molecule has 0 saturated heterocycles. The summed E-state index contributed by atoms with van der Waals surface area (Å²) in [5.74, 6) is -1.47. The van der Waals surface area contributed by atoms with Crippen LogP contribution < -0.4 is 4.74 Å². The lowest BCUT2D eigenvalue weighted by atomic mass is 9.98. The fourth-order valence-corrected chi connectivity index (χ4v) is 3.73. The molecule has 4 rings (SSSR count). The number of methoxy groups -OCH3 is 1. The number of rotatable bonds is 8. The van der Waals surface area contributed by atoms with Gasteiger partial charge in [0.1, 0.15) is 11.6 Å². The standard InChI is InChI=1S/C30H25F3O2/c1-3-35-19-24-11-8-21(18-28(24)31)5-4-20-6-9-22(10-7-20)26-16-17-27(30(33)29(26)32)23-12-14-25(34-2)15-13-23/h4-18H,3,19H2,1-2H3/b5-4+. The topological polar surface area (TPSA) is 18.5 Å². The molecule has 0 aliphatic rings. The quantitative estimate of drug-likeness (QED) is 0.240. The average molecular weight is 475 g/mol. The fraction of sp³-hybridized carbons (Fsp3) is 0.133. The number of hydrogen-bond donors (Lipinski definition) is 0. The summed E-state index contributed by atoms with van der Waals surface area (Å²) < 4.78 is 54.4. The van der Waals surface area contributed by atoms with Crippen LogP contribution in [-0.2, 0) is 11.3 Å². The molecule has 0 N–H and O–H groups in total. The van der Waals surface area contributed by atoms with Gasteiger partial charge in [0.2, 0.25) is 0 Å². The Morgan fingerprint density at radius 1 is 0.686 bits per heavy atom. The Morgan fingerprint density at radius 3 is 1.77 bits per heavy atom.